The Bertz CT molecular complexity index is 1420. The number of nitrogens with zero attached hydrogens (tertiary/aromatic N) is 5. The number of halogens is 1. The smallest absolute Gasteiger partial charge is 0.251 e. The van der Waals surface area contributed by atoms with Crippen LogP contribution in [0.2, 0.25) is 0 Å². The van der Waals surface area contributed by atoms with Gasteiger partial charge < -0.3 is 25.6 Å². The fourth-order valence-corrected chi connectivity index (χ4v) is 4.71. The molecule has 0 bridgehead atoms. The van der Waals surface area contributed by atoms with E-state index in [0.29, 0.717) is 46.1 Å². The van der Waals surface area contributed by atoms with Crippen molar-refractivity contribution in [3.63, 3.8) is 0 Å². The average Bonchev–Trinajstić information content (AvgIpc) is 2.91. The number of aryl methyl sites for hydroxylation is 1. The molecule has 0 fully saturated rings. The summed E-state index contributed by atoms with van der Waals surface area (Å²) in [6.45, 7) is 4.54. The van der Waals surface area contributed by atoms with E-state index < -0.39 is 36.6 Å². The molecule has 3 heterocycles. The molecule has 3 aromatic rings. The van der Waals surface area contributed by atoms with Gasteiger partial charge in [0.15, 0.2) is 12.4 Å². The number of nitrogens with two attached hydrogens (primary N) is 1. The summed E-state index contributed by atoms with van der Waals surface area (Å²) in [5.74, 6) is -0.129. The molecule has 0 radical (unpaired) electrons. The number of aliphatic imine (C=N–C) groups is 1. The van der Waals surface area contributed by atoms with Gasteiger partial charge in [-0.2, -0.15) is 0 Å². The molecule has 0 saturated heterocycles. The van der Waals surface area contributed by atoms with Crippen LogP contribution in [0.25, 0.3) is 11.3 Å². The van der Waals surface area contributed by atoms with Crippen molar-refractivity contribution in [2.24, 2.45) is 4.99 Å². The summed E-state index contributed by atoms with van der Waals surface area (Å²) < 4.78 is 19.7. The van der Waals surface area contributed by atoms with Crippen LogP contribution in [-0.4, -0.2) is 80.8 Å². The number of hydrogen-bond acceptors (Lipinski definition) is 11. The molecule has 0 aliphatic carbocycles. The molecule has 1 amide bonds. The van der Waals surface area contributed by atoms with E-state index >= 15 is 0 Å². The highest BCUT2D eigenvalue weighted by molar-refractivity contribution is 6.01. The molecule has 4 rings (SSSR count). The van der Waals surface area contributed by atoms with Gasteiger partial charge in [0, 0.05) is 31.1 Å². The highest BCUT2D eigenvalue weighted by Crippen LogP contribution is 2.36. The van der Waals surface area contributed by atoms with Gasteiger partial charge in [-0.05, 0) is 44.5 Å². The number of nitrogens with one attached hydrogen (secondary N) is 1. The van der Waals surface area contributed by atoms with E-state index in [1.165, 1.54) is 24.1 Å². The second-order valence-corrected chi connectivity index (χ2v) is 9.87. The second-order valence-electron chi connectivity index (χ2n) is 9.87. The molecule has 2 aromatic heterocycles. The number of hydrogen-bond donors (Lipinski definition) is 4. The van der Waals surface area contributed by atoms with Crippen molar-refractivity contribution in [3.8, 4) is 17.1 Å². The quantitative estimate of drug-likeness (QED) is 0.265. The van der Waals surface area contributed by atoms with Gasteiger partial charge in [0.25, 0.3) is 5.91 Å². The van der Waals surface area contributed by atoms with Crippen molar-refractivity contribution >= 4 is 17.7 Å². The molecular weight excluding hydrogens is 533 g/mol. The number of amidine groups is 1. The Morgan fingerprint density at radius 2 is 1.90 bits per heavy atom. The molecule has 13 heteroatoms. The van der Waals surface area contributed by atoms with E-state index in [4.69, 9.17) is 20.3 Å². The lowest BCUT2D eigenvalue weighted by Crippen LogP contribution is -2.44. The number of aliphatic hydroxyl groups excluding tert-OH is 2. The molecule has 41 heavy (non-hydrogen) atoms. The van der Waals surface area contributed by atoms with Crippen molar-refractivity contribution in [1.29, 1.82) is 0 Å². The number of hydroxylamine groups is 1. The van der Waals surface area contributed by atoms with Gasteiger partial charge in [-0.25, -0.2) is 24.8 Å². The third-order valence-corrected chi connectivity index (χ3v) is 6.36. The number of anilines is 1. The van der Waals surface area contributed by atoms with Crippen LogP contribution in [0.5, 0.6) is 5.88 Å². The lowest BCUT2D eigenvalue weighted by molar-refractivity contribution is -0.140. The number of methoxy groups -OCH3 is 1. The molecule has 218 valence electrons. The van der Waals surface area contributed by atoms with E-state index in [0.717, 1.165) is 0 Å². The average molecular weight is 568 g/mol. The van der Waals surface area contributed by atoms with Crippen LogP contribution >= 0.6 is 0 Å². The van der Waals surface area contributed by atoms with Crippen LogP contribution in [0.1, 0.15) is 42.4 Å². The normalized spacial score (nSPS) is 15.9. The standard InChI is InChI=1S/C28H34FN7O5/c1-15(37)12-36(13-16(2)38)25(39)14-41-35-27-26-17(3)31-28(30)34-23(26)11-22(33-27)19-9-8-18(29)10-20(19)21-6-5-7-24(32-21)40-4/h5-10,15-16,22,37-38H,11-14H2,1-4H3,(H,33,35)(H2,30,31,34)/t15?,16?,22-/m1/s1. The Morgan fingerprint density at radius 3 is 2.59 bits per heavy atom. The Morgan fingerprint density at radius 1 is 1.17 bits per heavy atom. The predicted octanol–water partition coefficient (Wildman–Crippen LogP) is 1.73. The number of carbonyl (C=O) groups excluding carboxylic acids is 1. The molecule has 1 aromatic carbocycles. The van der Waals surface area contributed by atoms with E-state index in [-0.39, 0.29) is 24.9 Å². The first-order valence-corrected chi connectivity index (χ1v) is 13.1. The van der Waals surface area contributed by atoms with Gasteiger partial charge in [-0.3, -0.25) is 14.6 Å². The molecule has 1 aliphatic heterocycles. The Kier molecular flexibility index (Phi) is 9.42. The minimum absolute atomic E-state index is 0.0385. The first kappa shape index (κ1) is 29.8. The van der Waals surface area contributed by atoms with Crippen molar-refractivity contribution in [2.45, 2.75) is 45.4 Å². The largest absolute Gasteiger partial charge is 0.481 e. The Balaban J connectivity index is 1.66. The highest BCUT2D eigenvalue weighted by atomic mass is 19.1. The zero-order valence-corrected chi connectivity index (χ0v) is 23.3. The van der Waals surface area contributed by atoms with E-state index in [2.05, 4.69) is 20.4 Å². The van der Waals surface area contributed by atoms with Gasteiger partial charge in [-0.1, -0.05) is 12.1 Å². The summed E-state index contributed by atoms with van der Waals surface area (Å²) in [5, 5.41) is 19.5. The number of benzene rings is 1. The number of ether oxygens (including phenoxy) is 1. The number of amides is 1. The number of carbonyl (C=O) groups is 1. The number of nitrogen functional groups attached to an aromatic ring is 1. The molecule has 2 unspecified atom stereocenters. The molecule has 1 aliphatic rings. The van der Waals surface area contributed by atoms with Crippen molar-refractivity contribution in [3.05, 3.63) is 64.7 Å². The minimum atomic E-state index is -0.782. The molecule has 3 atom stereocenters. The van der Waals surface area contributed by atoms with Crippen LogP contribution in [0, 0.1) is 12.7 Å². The Labute approximate surface area is 237 Å². The fourth-order valence-electron chi connectivity index (χ4n) is 4.71. The number of rotatable bonds is 10. The van der Waals surface area contributed by atoms with Gasteiger partial charge >= 0.3 is 0 Å². The van der Waals surface area contributed by atoms with Crippen LogP contribution in [0.15, 0.2) is 41.4 Å². The summed E-state index contributed by atoms with van der Waals surface area (Å²) in [5.41, 5.74) is 12.2. The van der Waals surface area contributed by atoms with E-state index in [9.17, 15) is 19.4 Å². The number of pyridine rings is 1. The van der Waals surface area contributed by atoms with Gasteiger partial charge in [0.05, 0.1) is 48.0 Å². The first-order valence-electron chi connectivity index (χ1n) is 13.1. The topological polar surface area (TPSA) is 168 Å². The maximum absolute atomic E-state index is 14.4. The number of fused-ring (bicyclic) bond motifs is 1. The predicted molar refractivity (Wildman–Crippen MR) is 149 cm³/mol. The highest BCUT2D eigenvalue weighted by Gasteiger charge is 2.29. The summed E-state index contributed by atoms with van der Waals surface area (Å²) in [6, 6.07) is 9.07. The van der Waals surface area contributed by atoms with Crippen molar-refractivity contribution in [2.75, 3.05) is 32.5 Å². The molecule has 0 spiro atoms. The number of aromatic nitrogens is 3. The van der Waals surface area contributed by atoms with E-state index in [1.54, 1.807) is 45.0 Å². The van der Waals surface area contributed by atoms with Gasteiger partial charge in [-0.15, -0.1) is 0 Å². The third kappa shape index (κ3) is 7.31. The summed E-state index contributed by atoms with van der Waals surface area (Å²) in [6.07, 6.45) is -1.22. The molecule has 5 N–H and O–H groups in total. The fraction of sp³-hybridized carbons (Fsp3) is 0.393. The number of aliphatic hydroxyl groups is 2. The first-order chi connectivity index (χ1) is 19.5. The van der Waals surface area contributed by atoms with Crippen LogP contribution in [0.4, 0.5) is 10.3 Å². The van der Waals surface area contributed by atoms with Crippen molar-refractivity contribution in [1.82, 2.24) is 25.3 Å². The monoisotopic (exact) mass is 567 g/mol. The summed E-state index contributed by atoms with van der Waals surface area (Å²) in [7, 11) is 1.50. The maximum Gasteiger partial charge on any atom is 0.251 e. The summed E-state index contributed by atoms with van der Waals surface area (Å²) in [4.78, 5) is 37.7. The molecule has 0 saturated carbocycles. The zero-order valence-electron chi connectivity index (χ0n) is 23.3. The van der Waals surface area contributed by atoms with Crippen LogP contribution < -0.4 is 16.0 Å². The lowest BCUT2D eigenvalue weighted by atomic mass is 9.91. The van der Waals surface area contributed by atoms with Gasteiger partial charge in [0.1, 0.15) is 5.82 Å². The Hall–Kier alpha value is -4.20. The third-order valence-electron chi connectivity index (χ3n) is 6.36. The van der Waals surface area contributed by atoms with Crippen LogP contribution in [0.3, 0.4) is 0 Å². The van der Waals surface area contributed by atoms with Crippen LogP contribution in [-0.2, 0) is 16.1 Å². The van der Waals surface area contributed by atoms with Crippen molar-refractivity contribution < 1.29 is 29.0 Å². The van der Waals surface area contributed by atoms with Gasteiger partial charge in [0.2, 0.25) is 11.8 Å². The minimum Gasteiger partial charge on any atom is -0.481 e. The lowest BCUT2D eigenvalue weighted by Gasteiger charge is -2.27. The SMILES string of the molecule is COc1cccc(-c2cc(F)ccc2[C@H]2Cc3nc(N)nc(C)c3C(NOCC(=O)N(CC(C)O)CC(C)O)=N2)n1. The molecular formula is C28H34FN7O5. The zero-order chi connectivity index (χ0) is 29.7. The summed E-state index contributed by atoms with van der Waals surface area (Å²) >= 11 is 0. The molecule has 12 nitrogen and oxygen atoms in total. The van der Waals surface area contributed by atoms with E-state index in [1.807, 2.05) is 0 Å². The maximum atomic E-state index is 14.4. The second kappa shape index (κ2) is 13.0.